The smallest absolute Gasteiger partial charge is 0.251 e. The van der Waals surface area contributed by atoms with Crippen LogP contribution in [0.25, 0.3) is 0 Å². The van der Waals surface area contributed by atoms with Gasteiger partial charge in [-0.2, -0.15) is 0 Å². The maximum absolute atomic E-state index is 11.4. The number of amides is 1. The fourth-order valence-electron chi connectivity index (χ4n) is 2.17. The van der Waals surface area contributed by atoms with Crippen LogP contribution in [0, 0.1) is 0 Å². The van der Waals surface area contributed by atoms with E-state index >= 15 is 0 Å². The highest BCUT2D eigenvalue weighted by atomic mass is 16.1. The molecule has 0 spiro atoms. The average Bonchev–Trinajstić information content (AvgIpc) is 2.94. The minimum atomic E-state index is -0.0507. The van der Waals surface area contributed by atoms with E-state index < -0.39 is 0 Å². The van der Waals surface area contributed by atoms with Gasteiger partial charge in [0.25, 0.3) is 5.91 Å². The van der Waals surface area contributed by atoms with E-state index in [0.717, 1.165) is 19.6 Å². The second kappa shape index (κ2) is 6.91. The first-order chi connectivity index (χ1) is 9.74. The van der Waals surface area contributed by atoms with E-state index in [1.54, 1.807) is 7.05 Å². The van der Waals surface area contributed by atoms with Crippen LogP contribution in [0.4, 0.5) is 0 Å². The Kier molecular flexibility index (Phi) is 4.96. The molecule has 0 atom stereocenters. The number of hydrogen-bond acceptors (Lipinski definition) is 2. The first-order valence-corrected chi connectivity index (χ1v) is 6.90. The lowest BCUT2D eigenvalue weighted by Crippen LogP contribution is -2.18. The van der Waals surface area contributed by atoms with Crippen molar-refractivity contribution < 1.29 is 4.79 Å². The lowest BCUT2D eigenvalue weighted by molar-refractivity contribution is 0.0963. The van der Waals surface area contributed by atoms with Crippen LogP contribution >= 0.6 is 0 Å². The molecule has 0 aliphatic rings. The van der Waals surface area contributed by atoms with E-state index in [-0.39, 0.29) is 5.91 Å². The summed E-state index contributed by atoms with van der Waals surface area (Å²) in [7, 11) is 1.64. The number of rotatable bonds is 6. The van der Waals surface area contributed by atoms with Gasteiger partial charge >= 0.3 is 0 Å². The molecule has 4 heteroatoms. The van der Waals surface area contributed by atoms with Gasteiger partial charge in [0.1, 0.15) is 0 Å². The molecule has 0 saturated carbocycles. The van der Waals surface area contributed by atoms with E-state index in [0.29, 0.717) is 5.56 Å². The third kappa shape index (κ3) is 3.48. The number of nitrogens with one attached hydrogen (secondary N) is 2. The van der Waals surface area contributed by atoms with Crippen LogP contribution in [-0.2, 0) is 19.6 Å². The number of benzene rings is 1. The summed E-state index contributed by atoms with van der Waals surface area (Å²) in [6.07, 6.45) is 2.09. The third-order valence-corrected chi connectivity index (χ3v) is 3.34. The van der Waals surface area contributed by atoms with Crippen molar-refractivity contribution in [1.29, 1.82) is 0 Å². The highest BCUT2D eigenvalue weighted by Gasteiger charge is 2.02. The van der Waals surface area contributed by atoms with Crippen LogP contribution in [0.2, 0.25) is 0 Å². The van der Waals surface area contributed by atoms with Gasteiger partial charge in [-0.25, -0.2) is 0 Å². The first-order valence-electron chi connectivity index (χ1n) is 6.90. The summed E-state index contributed by atoms with van der Waals surface area (Å²) < 4.78 is 2.22. The van der Waals surface area contributed by atoms with Gasteiger partial charge in [0.2, 0.25) is 0 Å². The Balaban J connectivity index is 1.87. The van der Waals surface area contributed by atoms with E-state index in [1.165, 1.54) is 11.3 Å². The van der Waals surface area contributed by atoms with Crippen LogP contribution in [0.5, 0.6) is 0 Å². The highest BCUT2D eigenvalue weighted by molar-refractivity contribution is 5.93. The third-order valence-electron chi connectivity index (χ3n) is 3.34. The Bertz CT molecular complexity index is 557. The molecule has 1 aromatic carbocycles. The molecule has 0 saturated heterocycles. The van der Waals surface area contributed by atoms with Crippen molar-refractivity contribution in [3.63, 3.8) is 0 Å². The van der Waals surface area contributed by atoms with Gasteiger partial charge < -0.3 is 15.2 Å². The van der Waals surface area contributed by atoms with Gasteiger partial charge in [-0.05, 0) is 36.8 Å². The molecule has 2 N–H and O–H groups in total. The Labute approximate surface area is 119 Å². The Morgan fingerprint density at radius 3 is 2.55 bits per heavy atom. The number of nitrogens with zero attached hydrogens (tertiary/aromatic N) is 1. The zero-order chi connectivity index (χ0) is 14.4. The number of aromatic nitrogens is 1. The monoisotopic (exact) mass is 271 g/mol. The van der Waals surface area contributed by atoms with Crippen molar-refractivity contribution >= 4 is 5.91 Å². The van der Waals surface area contributed by atoms with Crippen LogP contribution < -0.4 is 10.6 Å². The van der Waals surface area contributed by atoms with Crippen molar-refractivity contribution in [2.75, 3.05) is 7.05 Å². The number of aryl methyl sites for hydroxylation is 1. The van der Waals surface area contributed by atoms with Gasteiger partial charge in [0, 0.05) is 44.1 Å². The summed E-state index contributed by atoms with van der Waals surface area (Å²) in [5, 5.41) is 6.04. The minimum absolute atomic E-state index is 0.0507. The Morgan fingerprint density at radius 2 is 1.90 bits per heavy atom. The van der Waals surface area contributed by atoms with Crippen LogP contribution in [0.15, 0.2) is 42.6 Å². The van der Waals surface area contributed by atoms with Gasteiger partial charge in [-0.15, -0.1) is 0 Å². The van der Waals surface area contributed by atoms with E-state index in [1.807, 2.05) is 24.3 Å². The molecular weight excluding hydrogens is 250 g/mol. The fourth-order valence-corrected chi connectivity index (χ4v) is 2.17. The fraction of sp³-hybridized carbons (Fsp3) is 0.312. The van der Waals surface area contributed by atoms with Crippen molar-refractivity contribution in [2.24, 2.45) is 0 Å². The van der Waals surface area contributed by atoms with E-state index in [9.17, 15) is 4.79 Å². The predicted molar refractivity (Wildman–Crippen MR) is 80.5 cm³/mol. The summed E-state index contributed by atoms with van der Waals surface area (Å²) >= 11 is 0. The topological polar surface area (TPSA) is 46.1 Å². The zero-order valence-corrected chi connectivity index (χ0v) is 12.0. The second-order valence-corrected chi connectivity index (χ2v) is 4.67. The number of hydrogen-bond donors (Lipinski definition) is 2. The van der Waals surface area contributed by atoms with Gasteiger partial charge in [-0.1, -0.05) is 12.1 Å². The molecule has 0 bridgehead atoms. The van der Waals surface area contributed by atoms with Gasteiger partial charge in [-0.3, -0.25) is 4.79 Å². The maximum Gasteiger partial charge on any atom is 0.251 e. The van der Waals surface area contributed by atoms with Gasteiger partial charge in [0.15, 0.2) is 0 Å². The molecule has 20 heavy (non-hydrogen) atoms. The Morgan fingerprint density at radius 1 is 1.15 bits per heavy atom. The molecule has 4 nitrogen and oxygen atoms in total. The van der Waals surface area contributed by atoms with Gasteiger partial charge in [0.05, 0.1) is 0 Å². The normalized spacial score (nSPS) is 10.5. The highest BCUT2D eigenvalue weighted by Crippen LogP contribution is 2.06. The van der Waals surface area contributed by atoms with Crippen LogP contribution in [-0.4, -0.2) is 17.5 Å². The molecule has 0 unspecified atom stereocenters. The lowest BCUT2D eigenvalue weighted by atomic mass is 10.1. The summed E-state index contributed by atoms with van der Waals surface area (Å²) in [5.74, 6) is -0.0507. The van der Waals surface area contributed by atoms with Crippen molar-refractivity contribution in [3.05, 3.63) is 59.4 Å². The number of carbonyl (C=O) groups excluding carboxylic acids is 1. The van der Waals surface area contributed by atoms with E-state index in [4.69, 9.17) is 0 Å². The van der Waals surface area contributed by atoms with Crippen LogP contribution in [0.1, 0.15) is 28.5 Å². The summed E-state index contributed by atoms with van der Waals surface area (Å²) in [6, 6.07) is 11.9. The second-order valence-electron chi connectivity index (χ2n) is 4.67. The molecule has 1 aromatic heterocycles. The SMILES string of the molecule is CCn1cccc1CNCc1ccc(C(=O)NC)cc1. The lowest BCUT2D eigenvalue weighted by Gasteiger charge is -2.08. The molecule has 0 fully saturated rings. The standard InChI is InChI=1S/C16H21N3O/c1-3-19-10-4-5-15(19)12-18-11-13-6-8-14(9-7-13)16(20)17-2/h4-10,18H,3,11-12H2,1-2H3,(H,17,20). The predicted octanol–water partition coefficient (Wildman–Crippen LogP) is 2.16. The van der Waals surface area contributed by atoms with Crippen molar-refractivity contribution in [2.45, 2.75) is 26.6 Å². The summed E-state index contributed by atoms with van der Waals surface area (Å²) in [5.41, 5.74) is 3.15. The molecular formula is C16H21N3O. The quantitative estimate of drug-likeness (QED) is 0.845. The van der Waals surface area contributed by atoms with Crippen molar-refractivity contribution in [3.8, 4) is 0 Å². The molecule has 1 heterocycles. The minimum Gasteiger partial charge on any atom is -0.355 e. The number of carbonyl (C=O) groups is 1. The maximum atomic E-state index is 11.4. The van der Waals surface area contributed by atoms with Crippen LogP contribution in [0.3, 0.4) is 0 Å². The molecule has 2 rings (SSSR count). The molecule has 0 aliphatic carbocycles. The zero-order valence-electron chi connectivity index (χ0n) is 12.0. The summed E-state index contributed by atoms with van der Waals surface area (Å²) in [6.45, 7) is 4.77. The molecule has 0 radical (unpaired) electrons. The largest absolute Gasteiger partial charge is 0.355 e. The summed E-state index contributed by atoms with van der Waals surface area (Å²) in [4.78, 5) is 11.4. The Hall–Kier alpha value is -2.07. The molecule has 1 amide bonds. The van der Waals surface area contributed by atoms with Crippen molar-refractivity contribution in [1.82, 2.24) is 15.2 Å². The average molecular weight is 271 g/mol. The molecule has 106 valence electrons. The first kappa shape index (κ1) is 14.3. The molecule has 2 aromatic rings. The van der Waals surface area contributed by atoms with E-state index in [2.05, 4.69) is 40.5 Å². The molecule has 0 aliphatic heterocycles.